The Balaban J connectivity index is 1.98. The predicted octanol–water partition coefficient (Wildman–Crippen LogP) is 1.10. The van der Waals surface area contributed by atoms with Crippen molar-refractivity contribution in [1.29, 1.82) is 0 Å². The molecule has 2 aliphatic rings. The highest BCUT2D eigenvalue weighted by atomic mass is 32.2. The lowest BCUT2D eigenvalue weighted by Crippen LogP contribution is -2.44. The Morgan fingerprint density at radius 3 is 2.76 bits per heavy atom. The van der Waals surface area contributed by atoms with Crippen LogP contribution in [0.15, 0.2) is 29.2 Å². The van der Waals surface area contributed by atoms with E-state index in [-0.39, 0.29) is 23.0 Å². The molecule has 0 spiro atoms. The van der Waals surface area contributed by atoms with E-state index in [0.717, 1.165) is 19.3 Å². The average molecular weight is 311 g/mol. The van der Waals surface area contributed by atoms with Gasteiger partial charge in [-0.25, -0.2) is 8.42 Å². The molecule has 2 fully saturated rings. The third-order valence-corrected chi connectivity index (χ3v) is 6.44. The number of nitro groups is 1. The molecule has 0 amide bonds. The Bertz CT molecular complexity index is 690. The van der Waals surface area contributed by atoms with Gasteiger partial charge in [0.05, 0.1) is 4.92 Å². The van der Waals surface area contributed by atoms with Crippen molar-refractivity contribution in [2.75, 3.05) is 13.1 Å². The van der Waals surface area contributed by atoms with Gasteiger partial charge in [0.2, 0.25) is 10.0 Å². The smallest absolute Gasteiger partial charge is 0.289 e. The summed E-state index contributed by atoms with van der Waals surface area (Å²) < 4.78 is 26.7. The molecule has 7 nitrogen and oxygen atoms in total. The van der Waals surface area contributed by atoms with Crippen LogP contribution in [-0.4, -0.2) is 36.3 Å². The fraction of sp³-hybridized carbons (Fsp3) is 0.538. The minimum absolute atomic E-state index is 0.148. The number of rotatable bonds is 3. The largest absolute Gasteiger partial charge is 0.324 e. The summed E-state index contributed by atoms with van der Waals surface area (Å²) in [5.41, 5.74) is 5.42. The maximum atomic E-state index is 12.7. The van der Waals surface area contributed by atoms with E-state index in [0.29, 0.717) is 6.54 Å². The maximum Gasteiger partial charge on any atom is 0.289 e. The second-order valence-corrected chi connectivity index (χ2v) is 7.75. The van der Waals surface area contributed by atoms with E-state index in [4.69, 9.17) is 5.73 Å². The monoisotopic (exact) mass is 311 g/mol. The van der Waals surface area contributed by atoms with Crippen molar-refractivity contribution in [3.8, 4) is 0 Å². The molecule has 8 heteroatoms. The lowest BCUT2D eigenvalue weighted by molar-refractivity contribution is -0.387. The Kier molecular flexibility index (Phi) is 3.27. The maximum absolute atomic E-state index is 12.7. The summed E-state index contributed by atoms with van der Waals surface area (Å²) in [5.74, 6) is 0.148. The van der Waals surface area contributed by atoms with E-state index >= 15 is 0 Å². The Hall–Kier alpha value is -1.51. The van der Waals surface area contributed by atoms with Gasteiger partial charge in [-0.2, -0.15) is 4.31 Å². The Morgan fingerprint density at radius 1 is 1.38 bits per heavy atom. The van der Waals surface area contributed by atoms with E-state index in [2.05, 4.69) is 0 Å². The number of sulfonamides is 1. The number of para-hydroxylation sites is 1. The third kappa shape index (κ3) is 2.23. The van der Waals surface area contributed by atoms with Crippen molar-refractivity contribution >= 4 is 15.7 Å². The zero-order valence-corrected chi connectivity index (χ0v) is 12.3. The van der Waals surface area contributed by atoms with Gasteiger partial charge in [-0.15, -0.1) is 0 Å². The van der Waals surface area contributed by atoms with Crippen molar-refractivity contribution in [1.82, 2.24) is 4.31 Å². The molecule has 1 saturated heterocycles. The molecule has 1 saturated carbocycles. The highest BCUT2D eigenvalue weighted by Crippen LogP contribution is 2.42. The molecule has 1 aromatic carbocycles. The van der Waals surface area contributed by atoms with Crippen LogP contribution in [0.5, 0.6) is 0 Å². The van der Waals surface area contributed by atoms with Gasteiger partial charge in [-0.1, -0.05) is 18.6 Å². The Morgan fingerprint density at radius 2 is 2.10 bits per heavy atom. The van der Waals surface area contributed by atoms with E-state index < -0.39 is 20.5 Å². The number of hydrogen-bond acceptors (Lipinski definition) is 5. The molecule has 1 heterocycles. The van der Waals surface area contributed by atoms with Gasteiger partial charge in [0.1, 0.15) is 0 Å². The van der Waals surface area contributed by atoms with Gasteiger partial charge in [0.15, 0.2) is 4.90 Å². The molecular formula is C13H17N3O4S. The molecule has 0 bridgehead atoms. The van der Waals surface area contributed by atoms with Gasteiger partial charge < -0.3 is 5.73 Å². The van der Waals surface area contributed by atoms with Crippen LogP contribution in [0, 0.1) is 16.0 Å². The molecule has 2 N–H and O–H groups in total. The minimum atomic E-state index is -3.88. The minimum Gasteiger partial charge on any atom is -0.324 e. The average Bonchev–Trinajstić information content (AvgIpc) is 2.93. The quantitative estimate of drug-likeness (QED) is 0.664. The summed E-state index contributed by atoms with van der Waals surface area (Å²) in [5, 5.41) is 11.0. The van der Waals surface area contributed by atoms with Crippen molar-refractivity contribution in [3.63, 3.8) is 0 Å². The SMILES string of the molecule is NC12CCCC1CN(S(=O)(=O)c1ccccc1[N+](=O)[O-])C2. The first kappa shape index (κ1) is 14.4. The summed E-state index contributed by atoms with van der Waals surface area (Å²) >= 11 is 0. The second kappa shape index (κ2) is 4.75. The lowest BCUT2D eigenvalue weighted by atomic mass is 9.92. The van der Waals surface area contributed by atoms with Gasteiger partial charge >= 0.3 is 0 Å². The predicted molar refractivity (Wildman–Crippen MR) is 76.1 cm³/mol. The fourth-order valence-electron chi connectivity index (χ4n) is 3.44. The number of nitrogens with two attached hydrogens (primary N) is 1. The van der Waals surface area contributed by atoms with Crippen LogP contribution < -0.4 is 5.73 Å². The Labute approximate surface area is 122 Å². The van der Waals surface area contributed by atoms with E-state index in [9.17, 15) is 18.5 Å². The molecule has 1 aromatic rings. The molecule has 114 valence electrons. The van der Waals surface area contributed by atoms with E-state index in [1.54, 1.807) is 0 Å². The molecule has 1 aliphatic heterocycles. The van der Waals surface area contributed by atoms with Crippen LogP contribution in [0.25, 0.3) is 0 Å². The molecule has 1 aliphatic carbocycles. The number of nitrogens with zero attached hydrogens (tertiary/aromatic N) is 2. The normalized spacial score (nSPS) is 29.5. The molecule has 0 radical (unpaired) electrons. The standard InChI is InChI=1S/C13H17N3O4S/c14-13-7-3-4-10(13)8-15(9-13)21(19,20)12-6-2-1-5-11(12)16(17)18/h1-2,5-6,10H,3-4,7-9,14H2. The molecular weight excluding hydrogens is 294 g/mol. The number of nitro benzene ring substituents is 1. The lowest BCUT2D eigenvalue weighted by Gasteiger charge is -2.23. The van der Waals surface area contributed by atoms with Crippen molar-refractivity contribution in [2.24, 2.45) is 11.7 Å². The summed E-state index contributed by atoms with van der Waals surface area (Å²) in [6.07, 6.45) is 2.74. The highest BCUT2D eigenvalue weighted by Gasteiger charge is 2.50. The van der Waals surface area contributed by atoms with Gasteiger partial charge in [0, 0.05) is 24.7 Å². The van der Waals surface area contributed by atoms with Crippen molar-refractivity contribution < 1.29 is 13.3 Å². The molecule has 0 aromatic heterocycles. The zero-order chi connectivity index (χ0) is 15.3. The van der Waals surface area contributed by atoms with Crippen LogP contribution in [0.3, 0.4) is 0 Å². The van der Waals surface area contributed by atoms with E-state index in [1.807, 2.05) is 0 Å². The first-order chi connectivity index (χ1) is 9.84. The van der Waals surface area contributed by atoms with Crippen LogP contribution in [0.2, 0.25) is 0 Å². The zero-order valence-electron chi connectivity index (χ0n) is 11.4. The topological polar surface area (TPSA) is 107 Å². The first-order valence-corrected chi connectivity index (χ1v) is 8.31. The van der Waals surface area contributed by atoms with Crippen molar-refractivity contribution in [3.05, 3.63) is 34.4 Å². The number of hydrogen-bond donors (Lipinski definition) is 1. The van der Waals surface area contributed by atoms with Crippen molar-refractivity contribution in [2.45, 2.75) is 29.7 Å². The second-order valence-electron chi connectivity index (χ2n) is 5.84. The van der Waals surface area contributed by atoms with Crippen LogP contribution >= 0.6 is 0 Å². The summed E-state index contributed by atoms with van der Waals surface area (Å²) in [6.45, 7) is 0.594. The first-order valence-electron chi connectivity index (χ1n) is 6.87. The molecule has 3 rings (SSSR count). The van der Waals surface area contributed by atoms with Crippen LogP contribution in [-0.2, 0) is 10.0 Å². The molecule has 2 atom stereocenters. The van der Waals surface area contributed by atoms with Gasteiger partial charge in [-0.3, -0.25) is 10.1 Å². The van der Waals surface area contributed by atoms with Gasteiger partial charge in [-0.05, 0) is 24.8 Å². The van der Waals surface area contributed by atoms with Gasteiger partial charge in [0.25, 0.3) is 5.69 Å². The highest BCUT2D eigenvalue weighted by molar-refractivity contribution is 7.89. The number of fused-ring (bicyclic) bond motifs is 1. The third-order valence-electron chi connectivity index (χ3n) is 4.58. The van der Waals surface area contributed by atoms with Crippen LogP contribution in [0.1, 0.15) is 19.3 Å². The number of benzene rings is 1. The fourth-order valence-corrected chi connectivity index (χ4v) is 5.16. The summed E-state index contributed by atoms with van der Waals surface area (Å²) in [6, 6.07) is 5.45. The van der Waals surface area contributed by atoms with E-state index in [1.165, 1.54) is 28.6 Å². The molecule has 21 heavy (non-hydrogen) atoms. The summed E-state index contributed by atoms with van der Waals surface area (Å²) in [4.78, 5) is 10.1. The van der Waals surface area contributed by atoms with Crippen LogP contribution in [0.4, 0.5) is 5.69 Å². The molecule has 2 unspecified atom stereocenters. The summed E-state index contributed by atoms with van der Waals surface area (Å²) in [7, 11) is -3.88.